The van der Waals surface area contributed by atoms with E-state index >= 15 is 0 Å². The van der Waals surface area contributed by atoms with Gasteiger partial charge in [-0.05, 0) is 31.0 Å². The van der Waals surface area contributed by atoms with Gasteiger partial charge in [0.05, 0.1) is 7.11 Å². The lowest BCUT2D eigenvalue weighted by Gasteiger charge is -2.38. The lowest BCUT2D eigenvalue weighted by atomic mass is 9.91. The number of likely N-dealkylation sites (tertiary alicyclic amines) is 1. The van der Waals surface area contributed by atoms with Gasteiger partial charge in [0.2, 0.25) is 5.91 Å². The van der Waals surface area contributed by atoms with Crippen LogP contribution in [0.2, 0.25) is 0 Å². The molecule has 0 aromatic heterocycles. The van der Waals surface area contributed by atoms with Gasteiger partial charge in [-0.25, -0.2) is 4.39 Å². The molecule has 0 saturated carbocycles. The number of aliphatic hydroxyl groups is 1. The molecule has 0 radical (unpaired) electrons. The minimum atomic E-state index is -1.56. The van der Waals surface area contributed by atoms with Gasteiger partial charge in [-0.15, -0.1) is 0 Å². The average molecular weight is 353 g/mol. The molecule has 8 heteroatoms. The zero-order valence-electron chi connectivity index (χ0n) is 14.3. The molecule has 0 aliphatic carbocycles. The molecule has 1 fully saturated rings. The standard InChI is InChI=1S/C17H24FN3O4/c1-25-13-3-4-14(18)12(9-13)10-21-8-2-6-17(24,16(21)23)11-20-7-5-15(19)22/h3-4,9,20,24H,2,5-8,10-11H2,1H3,(H2,19,22)/t17-/m0/s1. The number of nitrogens with two attached hydrogens (primary N) is 1. The Morgan fingerprint density at radius 1 is 1.52 bits per heavy atom. The van der Waals surface area contributed by atoms with Crippen molar-refractivity contribution < 1.29 is 23.8 Å². The Hall–Kier alpha value is -2.19. The van der Waals surface area contributed by atoms with Crippen molar-refractivity contribution in [2.24, 2.45) is 5.73 Å². The Balaban J connectivity index is 2.02. The third-order valence-electron chi connectivity index (χ3n) is 4.28. The second-order valence-electron chi connectivity index (χ2n) is 6.21. The first-order valence-electron chi connectivity index (χ1n) is 8.19. The Labute approximate surface area is 145 Å². The van der Waals surface area contributed by atoms with Gasteiger partial charge < -0.3 is 25.8 Å². The van der Waals surface area contributed by atoms with Crippen LogP contribution in [0.1, 0.15) is 24.8 Å². The fourth-order valence-corrected chi connectivity index (χ4v) is 2.89. The molecule has 1 saturated heterocycles. The minimum Gasteiger partial charge on any atom is -0.497 e. The number of benzene rings is 1. The predicted molar refractivity (Wildman–Crippen MR) is 89.2 cm³/mol. The van der Waals surface area contributed by atoms with Crippen molar-refractivity contribution in [1.29, 1.82) is 0 Å². The number of amides is 2. The summed E-state index contributed by atoms with van der Waals surface area (Å²) in [5.41, 5.74) is 3.82. The first-order chi connectivity index (χ1) is 11.9. The zero-order chi connectivity index (χ0) is 18.4. The number of nitrogens with zero attached hydrogens (tertiary/aromatic N) is 1. The normalized spacial score (nSPS) is 20.6. The molecule has 4 N–H and O–H groups in total. The van der Waals surface area contributed by atoms with E-state index < -0.39 is 23.2 Å². The fourth-order valence-electron chi connectivity index (χ4n) is 2.89. The van der Waals surface area contributed by atoms with Gasteiger partial charge in [-0.1, -0.05) is 0 Å². The number of methoxy groups -OCH3 is 1. The summed E-state index contributed by atoms with van der Waals surface area (Å²) in [5, 5.41) is 13.5. The number of hydrogen-bond acceptors (Lipinski definition) is 5. The maximum absolute atomic E-state index is 14.0. The third kappa shape index (κ3) is 4.90. The zero-order valence-corrected chi connectivity index (χ0v) is 14.3. The Morgan fingerprint density at radius 3 is 2.96 bits per heavy atom. The van der Waals surface area contributed by atoms with E-state index in [9.17, 15) is 19.1 Å². The summed E-state index contributed by atoms with van der Waals surface area (Å²) < 4.78 is 19.1. The SMILES string of the molecule is COc1ccc(F)c(CN2CCC[C@](O)(CNCCC(N)=O)C2=O)c1. The number of rotatable bonds is 8. The van der Waals surface area contributed by atoms with Gasteiger partial charge in [0.25, 0.3) is 5.91 Å². The maximum atomic E-state index is 14.0. The van der Waals surface area contributed by atoms with E-state index in [1.807, 2.05) is 0 Å². The second-order valence-corrected chi connectivity index (χ2v) is 6.21. The summed E-state index contributed by atoms with van der Waals surface area (Å²) in [6.07, 6.45) is 1.04. The molecule has 2 rings (SSSR count). The van der Waals surface area contributed by atoms with Crippen LogP contribution in [0.5, 0.6) is 5.75 Å². The van der Waals surface area contributed by atoms with Crippen LogP contribution in [0.15, 0.2) is 18.2 Å². The van der Waals surface area contributed by atoms with Crippen molar-refractivity contribution in [2.75, 3.05) is 26.7 Å². The molecule has 1 aromatic carbocycles. The molecule has 1 aliphatic rings. The van der Waals surface area contributed by atoms with E-state index in [-0.39, 0.29) is 26.1 Å². The van der Waals surface area contributed by atoms with Gasteiger partial charge >= 0.3 is 0 Å². The molecule has 1 aliphatic heterocycles. The van der Waals surface area contributed by atoms with Crippen molar-refractivity contribution in [3.8, 4) is 5.75 Å². The first kappa shape index (κ1) is 19.1. The molecule has 7 nitrogen and oxygen atoms in total. The minimum absolute atomic E-state index is 0.0240. The Bertz CT molecular complexity index is 640. The average Bonchev–Trinajstić information content (AvgIpc) is 2.58. The fraction of sp³-hybridized carbons (Fsp3) is 0.529. The molecule has 1 aromatic rings. The van der Waals surface area contributed by atoms with Gasteiger partial charge in [0.15, 0.2) is 5.60 Å². The van der Waals surface area contributed by atoms with Crippen molar-refractivity contribution in [3.05, 3.63) is 29.6 Å². The number of piperidine rings is 1. The van der Waals surface area contributed by atoms with Crippen LogP contribution >= 0.6 is 0 Å². The summed E-state index contributed by atoms with van der Waals surface area (Å²) >= 11 is 0. The molecule has 2 amide bonds. The first-order valence-corrected chi connectivity index (χ1v) is 8.19. The third-order valence-corrected chi connectivity index (χ3v) is 4.28. The smallest absolute Gasteiger partial charge is 0.256 e. The molecule has 0 spiro atoms. The Morgan fingerprint density at radius 2 is 2.28 bits per heavy atom. The van der Waals surface area contributed by atoms with Crippen LogP contribution in [0.25, 0.3) is 0 Å². The molecular formula is C17H24FN3O4. The summed E-state index contributed by atoms with van der Waals surface area (Å²) in [4.78, 5) is 24.8. The quantitative estimate of drug-likeness (QED) is 0.577. The predicted octanol–water partition coefficient (Wildman–Crippen LogP) is 0.153. The Kier molecular flexibility index (Phi) is 6.33. The molecule has 0 bridgehead atoms. The van der Waals surface area contributed by atoms with Gasteiger partial charge in [0, 0.05) is 38.2 Å². The largest absolute Gasteiger partial charge is 0.497 e. The van der Waals surface area contributed by atoms with Crippen LogP contribution in [-0.4, -0.2) is 54.2 Å². The molecule has 138 valence electrons. The molecule has 25 heavy (non-hydrogen) atoms. The summed E-state index contributed by atoms with van der Waals surface area (Å²) in [7, 11) is 1.49. The number of carbonyl (C=O) groups is 2. The summed E-state index contributed by atoms with van der Waals surface area (Å²) in [6, 6.07) is 4.34. The van der Waals surface area contributed by atoms with E-state index in [0.717, 1.165) is 0 Å². The molecular weight excluding hydrogens is 329 g/mol. The lowest BCUT2D eigenvalue weighted by Crippen LogP contribution is -2.57. The van der Waals surface area contributed by atoms with Gasteiger partial charge in [-0.3, -0.25) is 9.59 Å². The van der Waals surface area contributed by atoms with Crippen LogP contribution in [-0.2, 0) is 16.1 Å². The number of halogens is 1. The topological polar surface area (TPSA) is 105 Å². The highest BCUT2D eigenvalue weighted by Crippen LogP contribution is 2.25. The van der Waals surface area contributed by atoms with Crippen LogP contribution < -0.4 is 15.8 Å². The second kappa shape index (κ2) is 8.26. The van der Waals surface area contributed by atoms with E-state index in [1.165, 1.54) is 24.1 Å². The van der Waals surface area contributed by atoms with Crippen LogP contribution in [0.3, 0.4) is 0 Å². The van der Waals surface area contributed by atoms with Crippen molar-refractivity contribution in [1.82, 2.24) is 10.2 Å². The van der Waals surface area contributed by atoms with E-state index in [1.54, 1.807) is 6.07 Å². The van der Waals surface area contributed by atoms with Crippen molar-refractivity contribution in [2.45, 2.75) is 31.4 Å². The highest BCUT2D eigenvalue weighted by Gasteiger charge is 2.41. The van der Waals surface area contributed by atoms with E-state index in [0.29, 0.717) is 30.7 Å². The van der Waals surface area contributed by atoms with Crippen LogP contribution in [0.4, 0.5) is 4.39 Å². The highest BCUT2D eigenvalue weighted by molar-refractivity contribution is 5.86. The molecule has 1 atom stereocenters. The monoisotopic (exact) mass is 353 g/mol. The van der Waals surface area contributed by atoms with Crippen molar-refractivity contribution in [3.63, 3.8) is 0 Å². The van der Waals surface area contributed by atoms with E-state index in [4.69, 9.17) is 10.5 Å². The van der Waals surface area contributed by atoms with Crippen LogP contribution in [0, 0.1) is 5.82 Å². The number of hydrogen-bond donors (Lipinski definition) is 3. The number of primary amides is 1. The van der Waals surface area contributed by atoms with Gasteiger partial charge in [-0.2, -0.15) is 0 Å². The number of ether oxygens (including phenoxy) is 1. The summed E-state index contributed by atoms with van der Waals surface area (Å²) in [5.74, 6) is -0.830. The molecule has 0 unspecified atom stereocenters. The summed E-state index contributed by atoms with van der Waals surface area (Å²) in [6.45, 7) is 0.816. The highest BCUT2D eigenvalue weighted by atomic mass is 19.1. The number of nitrogens with one attached hydrogen (secondary N) is 1. The van der Waals surface area contributed by atoms with E-state index in [2.05, 4.69) is 5.32 Å². The molecule has 1 heterocycles. The van der Waals surface area contributed by atoms with Gasteiger partial charge in [0.1, 0.15) is 11.6 Å². The maximum Gasteiger partial charge on any atom is 0.256 e. The lowest BCUT2D eigenvalue weighted by molar-refractivity contribution is -0.157. The number of carbonyl (C=O) groups excluding carboxylic acids is 2. The van der Waals surface area contributed by atoms with Crippen molar-refractivity contribution >= 4 is 11.8 Å².